The van der Waals surface area contributed by atoms with Gasteiger partial charge in [-0.1, -0.05) is 18.2 Å². The first-order valence-electron chi connectivity index (χ1n) is 10.7. The molecule has 0 aliphatic carbocycles. The van der Waals surface area contributed by atoms with Crippen molar-refractivity contribution in [1.82, 2.24) is 20.0 Å². The van der Waals surface area contributed by atoms with Gasteiger partial charge in [-0.15, -0.1) is 13.2 Å². The molecular weight excluding hydrogens is 473 g/mol. The molecule has 0 bridgehead atoms. The van der Waals surface area contributed by atoms with E-state index in [-0.39, 0.29) is 5.75 Å². The fourth-order valence-corrected chi connectivity index (χ4v) is 3.74. The van der Waals surface area contributed by atoms with Gasteiger partial charge in [0.05, 0.1) is 11.7 Å². The molecule has 0 aliphatic heterocycles. The van der Waals surface area contributed by atoms with Gasteiger partial charge in [-0.05, 0) is 59.7 Å². The zero-order valence-corrected chi connectivity index (χ0v) is 18.8. The monoisotopic (exact) mass is 492 g/mol. The van der Waals surface area contributed by atoms with Crippen LogP contribution in [0.5, 0.6) is 5.75 Å². The number of amides is 2. The molecule has 3 N–H and O–H groups in total. The maximum Gasteiger partial charge on any atom is 0.573 e. The molecule has 0 saturated carbocycles. The summed E-state index contributed by atoms with van der Waals surface area (Å²) in [6.07, 6.45) is -1.10. The number of hydrogen-bond donors (Lipinski definition) is 3. The van der Waals surface area contributed by atoms with Gasteiger partial charge < -0.3 is 15.4 Å². The first-order valence-corrected chi connectivity index (χ1v) is 10.7. The molecule has 11 heteroatoms. The van der Waals surface area contributed by atoms with Crippen LogP contribution in [0.3, 0.4) is 0 Å². The molecule has 0 fully saturated rings. The van der Waals surface area contributed by atoms with Crippen LogP contribution in [0, 0.1) is 0 Å². The summed E-state index contributed by atoms with van der Waals surface area (Å²) in [6.45, 7) is 0. The number of aromatic nitrogens is 4. The average molecular weight is 492 g/mol. The van der Waals surface area contributed by atoms with Gasteiger partial charge in [0.25, 0.3) is 0 Å². The summed E-state index contributed by atoms with van der Waals surface area (Å²) < 4.78 is 42.3. The number of alkyl halides is 3. The minimum atomic E-state index is -4.77. The number of benzene rings is 3. The molecule has 2 aromatic heterocycles. The maximum absolute atomic E-state index is 12.3. The Morgan fingerprint density at radius 1 is 0.917 bits per heavy atom. The minimum Gasteiger partial charge on any atom is -0.406 e. The molecule has 182 valence electrons. The van der Waals surface area contributed by atoms with E-state index < -0.39 is 12.4 Å². The van der Waals surface area contributed by atoms with Crippen molar-refractivity contribution in [3.63, 3.8) is 0 Å². The third kappa shape index (κ3) is 5.14. The lowest BCUT2D eigenvalue weighted by molar-refractivity contribution is -0.274. The number of carbonyl (C=O) groups excluding carboxylic acids is 1. The number of rotatable bonds is 5. The van der Waals surface area contributed by atoms with Crippen LogP contribution < -0.4 is 15.4 Å². The Balaban J connectivity index is 1.24. The number of urea groups is 1. The second-order valence-corrected chi connectivity index (χ2v) is 7.96. The molecule has 5 aromatic rings. The Morgan fingerprint density at radius 3 is 2.17 bits per heavy atom. The third-order valence-electron chi connectivity index (χ3n) is 5.36. The van der Waals surface area contributed by atoms with Crippen molar-refractivity contribution >= 4 is 28.3 Å². The van der Waals surface area contributed by atoms with E-state index in [4.69, 9.17) is 0 Å². The molecule has 2 amide bonds. The molecule has 0 radical (unpaired) electrons. The number of carbonyl (C=O) groups is 1. The van der Waals surface area contributed by atoms with Gasteiger partial charge >= 0.3 is 12.4 Å². The van der Waals surface area contributed by atoms with Gasteiger partial charge in [0.1, 0.15) is 11.4 Å². The van der Waals surface area contributed by atoms with Crippen molar-refractivity contribution in [2.24, 2.45) is 7.05 Å². The van der Waals surface area contributed by atoms with E-state index in [1.54, 1.807) is 23.0 Å². The summed E-state index contributed by atoms with van der Waals surface area (Å²) in [5.41, 5.74) is 5.43. The van der Waals surface area contributed by atoms with E-state index in [0.717, 1.165) is 45.4 Å². The number of aryl methyl sites for hydroxylation is 1. The van der Waals surface area contributed by atoms with E-state index in [2.05, 4.69) is 30.7 Å². The number of anilines is 2. The van der Waals surface area contributed by atoms with Crippen LogP contribution in [0.2, 0.25) is 0 Å². The third-order valence-corrected chi connectivity index (χ3v) is 5.36. The highest BCUT2D eigenvalue weighted by Gasteiger charge is 2.31. The number of H-pyrrole nitrogens is 1. The largest absolute Gasteiger partial charge is 0.573 e. The van der Waals surface area contributed by atoms with Gasteiger partial charge in [-0.3, -0.25) is 9.78 Å². The smallest absolute Gasteiger partial charge is 0.406 e. The summed E-state index contributed by atoms with van der Waals surface area (Å²) >= 11 is 0. The van der Waals surface area contributed by atoms with Crippen molar-refractivity contribution in [3.05, 3.63) is 79.1 Å². The zero-order valence-electron chi connectivity index (χ0n) is 18.8. The van der Waals surface area contributed by atoms with Crippen LogP contribution in [0.4, 0.5) is 29.3 Å². The van der Waals surface area contributed by atoms with Crippen molar-refractivity contribution < 1.29 is 22.7 Å². The van der Waals surface area contributed by atoms with Crippen LogP contribution in [-0.4, -0.2) is 32.4 Å². The predicted molar refractivity (Wildman–Crippen MR) is 129 cm³/mol. The molecule has 2 heterocycles. The van der Waals surface area contributed by atoms with Crippen LogP contribution in [-0.2, 0) is 7.05 Å². The normalized spacial score (nSPS) is 11.4. The highest BCUT2D eigenvalue weighted by molar-refractivity contribution is 6.00. The highest BCUT2D eigenvalue weighted by atomic mass is 19.4. The van der Waals surface area contributed by atoms with E-state index in [1.807, 2.05) is 43.6 Å². The number of fused-ring (bicyclic) bond motifs is 1. The Hall–Kier alpha value is -4.80. The van der Waals surface area contributed by atoms with Crippen molar-refractivity contribution in [2.75, 3.05) is 10.6 Å². The number of hydrogen-bond acceptors (Lipinski definition) is 4. The summed E-state index contributed by atoms with van der Waals surface area (Å²) in [4.78, 5) is 12.3. The summed E-state index contributed by atoms with van der Waals surface area (Å²) in [5.74, 6) is -0.370. The zero-order chi connectivity index (χ0) is 25.3. The Kier molecular flexibility index (Phi) is 5.80. The molecule has 0 unspecified atom stereocenters. The quantitative estimate of drug-likeness (QED) is 0.273. The van der Waals surface area contributed by atoms with Crippen LogP contribution >= 0.6 is 0 Å². The lowest BCUT2D eigenvalue weighted by atomic mass is 10.0. The summed E-state index contributed by atoms with van der Waals surface area (Å²) in [5, 5.41) is 17.9. The van der Waals surface area contributed by atoms with Gasteiger partial charge in [0, 0.05) is 35.6 Å². The standard InChI is InChI=1S/C25H19F3N6O2/c1-34-14-17(13-29-34)23-21-11-4-16(12-22(21)32-33-23)15-2-5-18(6-3-15)30-24(35)31-19-7-9-20(10-8-19)36-25(26,27)28/h2-14H,1H3,(H,32,33)(H2,30,31,35). The number of nitrogens with one attached hydrogen (secondary N) is 3. The lowest BCUT2D eigenvalue weighted by Gasteiger charge is -2.11. The lowest BCUT2D eigenvalue weighted by Crippen LogP contribution is -2.19. The summed E-state index contributed by atoms with van der Waals surface area (Å²) in [6, 6.07) is 17.6. The number of nitrogens with zero attached hydrogens (tertiary/aromatic N) is 3. The second kappa shape index (κ2) is 9.10. The van der Waals surface area contributed by atoms with Gasteiger partial charge in [0.15, 0.2) is 0 Å². The van der Waals surface area contributed by atoms with Crippen LogP contribution in [0.15, 0.2) is 79.1 Å². The van der Waals surface area contributed by atoms with Crippen molar-refractivity contribution in [1.29, 1.82) is 0 Å². The number of halogens is 3. The van der Waals surface area contributed by atoms with Crippen LogP contribution in [0.1, 0.15) is 0 Å². The minimum absolute atomic E-state index is 0.317. The van der Waals surface area contributed by atoms with E-state index in [1.165, 1.54) is 12.1 Å². The Morgan fingerprint density at radius 2 is 1.56 bits per heavy atom. The molecule has 0 saturated heterocycles. The topological polar surface area (TPSA) is 96.9 Å². The average Bonchev–Trinajstić information content (AvgIpc) is 3.45. The van der Waals surface area contributed by atoms with Crippen molar-refractivity contribution in [2.45, 2.75) is 6.36 Å². The van der Waals surface area contributed by atoms with Crippen LogP contribution in [0.25, 0.3) is 33.3 Å². The number of aromatic amines is 1. The molecule has 0 atom stereocenters. The van der Waals surface area contributed by atoms with E-state index >= 15 is 0 Å². The van der Waals surface area contributed by atoms with E-state index in [9.17, 15) is 18.0 Å². The molecule has 8 nitrogen and oxygen atoms in total. The summed E-state index contributed by atoms with van der Waals surface area (Å²) in [7, 11) is 1.85. The van der Waals surface area contributed by atoms with Gasteiger partial charge in [-0.2, -0.15) is 10.2 Å². The van der Waals surface area contributed by atoms with E-state index in [0.29, 0.717) is 11.4 Å². The molecule has 3 aromatic carbocycles. The first-order chi connectivity index (χ1) is 17.2. The predicted octanol–water partition coefficient (Wildman–Crippen LogP) is 6.17. The molecule has 0 spiro atoms. The number of ether oxygens (including phenoxy) is 1. The highest BCUT2D eigenvalue weighted by Crippen LogP contribution is 2.30. The first kappa shape index (κ1) is 23.0. The Bertz CT molecular complexity index is 1520. The molecular formula is C25H19F3N6O2. The maximum atomic E-state index is 12.3. The Labute approximate surface area is 202 Å². The fourth-order valence-electron chi connectivity index (χ4n) is 3.74. The molecule has 5 rings (SSSR count). The molecule has 0 aliphatic rings. The van der Waals surface area contributed by atoms with Gasteiger partial charge in [-0.25, -0.2) is 4.79 Å². The second-order valence-electron chi connectivity index (χ2n) is 7.96. The van der Waals surface area contributed by atoms with Crippen molar-refractivity contribution in [3.8, 4) is 28.1 Å². The SMILES string of the molecule is Cn1cc(-c2n[nH]c3cc(-c4ccc(NC(=O)Nc5ccc(OC(F)(F)F)cc5)cc4)ccc23)cn1. The molecule has 36 heavy (non-hydrogen) atoms. The fraction of sp³-hybridized carbons (Fsp3) is 0.0800. The van der Waals surface area contributed by atoms with Gasteiger partial charge in [0.2, 0.25) is 0 Å².